The molecule has 158 valence electrons. The van der Waals surface area contributed by atoms with E-state index < -0.39 is 11.8 Å². The van der Waals surface area contributed by atoms with E-state index in [1.807, 2.05) is 30.3 Å². The van der Waals surface area contributed by atoms with Crippen LogP contribution >= 0.6 is 0 Å². The van der Waals surface area contributed by atoms with Crippen LogP contribution in [0.15, 0.2) is 91.5 Å². The highest BCUT2D eigenvalue weighted by Gasteiger charge is 2.16. The Hall–Kier alpha value is -4.06. The topological polar surface area (TPSA) is 76.7 Å². The van der Waals surface area contributed by atoms with E-state index in [-0.39, 0.29) is 6.61 Å². The number of hydrogen-bond acceptors (Lipinski definition) is 4. The summed E-state index contributed by atoms with van der Waals surface area (Å²) in [5.74, 6) is -0.123. The van der Waals surface area contributed by atoms with Crippen LogP contribution in [0.3, 0.4) is 0 Å². The van der Waals surface area contributed by atoms with Crippen LogP contribution in [0.2, 0.25) is 0 Å². The second kappa shape index (κ2) is 11.2. The SMILES string of the molecule is C=CCOc1ccccc1C(=O)NNC(=O)c1ccccc1OCCc1ccccc1. The van der Waals surface area contributed by atoms with Gasteiger partial charge in [-0.1, -0.05) is 67.3 Å². The van der Waals surface area contributed by atoms with Gasteiger partial charge in [-0.15, -0.1) is 0 Å². The maximum atomic E-state index is 12.6. The highest BCUT2D eigenvalue weighted by Crippen LogP contribution is 2.19. The quantitative estimate of drug-likeness (QED) is 0.409. The number of amides is 2. The normalized spacial score (nSPS) is 10.1. The highest BCUT2D eigenvalue weighted by atomic mass is 16.5. The van der Waals surface area contributed by atoms with Crippen molar-refractivity contribution in [1.82, 2.24) is 10.9 Å². The lowest BCUT2D eigenvalue weighted by Crippen LogP contribution is -2.41. The molecular formula is C25H24N2O4. The summed E-state index contributed by atoms with van der Waals surface area (Å²) in [5, 5.41) is 0. The van der Waals surface area contributed by atoms with Crippen LogP contribution in [-0.2, 0) is 6.42 Å². The van der Waals surface area contributed by atoms with E-state index in [4.69, 9.17) is 9.47 Å². The zero-order valence-electron chi connectivity index (χ0n) is 17.0. The largest absolute Gasteiger partial charge is 0.492 e. The smallest absolute Gasteiger partial charge is 0.273 e. The molecule has 2 amide bonds. The molecule has 0 aliphatic rings. The molecule has 0 bridgehead atoms. The maximum Gasteiger partial charge on any atom is 0.273 e. The van der Waals surface area contributed by atoms with Gasteiger partial charge >= 0.3 is 0 Å². The van der Waals surface area contributed by atoms with Gasteiger partial charge in [0.25, 0.3) is 11.8 Å². The Labute approximate surface area is 181 Å². The van der Waals surface area contributed by atoms with E-state index in [0.29, 0.717) is 29.2 Å². The molecule has 6 nitrogen and oxygen atoms in total. The third kappa shape index (κ3) is 6.21. The van der Waals surface area contributed by atoms with Crippen molar-refractivity contribution < 1.29 is 19.1 Å². The molecule has 3 rings (SSSR count). The molecule has 0 fully saturated rings. The van der Waals surface area contributed by atoms with Gasteiger partial charge in [0.1, 0.15) is 18.1 Å². The van der Waals surface area contributed by atoms with Gasteiger partial charge in [0.15, 0.2) is 0 Å². The highest BCUT2D eigenvalue weighted by molar-refractivity contribution is 6.01. The van der Waals surface area contributed by atoms with Crippen molar-refractivity contribution >= 4 is 11.8 Å². The first-order chi connectivity index (χ1) is 15.2. The first kappa shape index (κ1) is 21.6. The van der Waals surface area contributed by atoms with Crippen molar-refractivity contribution in [2.24, 2.45) is 0 Å². The lowest BCUT2D eigenvalue weighted by Gasteiger charge is -2.13. The zero-order chi connectivity index (χ0) is 21.9. The van der Waals surface area contributed by atoms with E-state index in [0.717, 1.165) is 12.0 Å². The molecule has 0 aliphatic carbocycles. The third-order valence-electron chi connectivity index (χ3n) is 4.40. The van der Waals surface area contributed by atoms with Gasteiger partial charge in [-0.3, -0.25) is 20.4 Å². The van der Waals surface area contributed by atoms with E-state index in [2.05, 4.69) is 17.4 Å². The first-order valence-electron chi connectivity index (χ1n) is 9.88. The summed E-state index contributed by atoms with van der Waals surface area (Å²) in [7, 11) is 0. The molecule has 0 aromatic heterocycles. The predicted octanol–water partition coefficient (Wildman–Crippen LogP) is 3.95. The fraction of sp³-hybridized carbons (Fsp3) is 0.120. The Morgan fingerprint density at radius 1 is 0.742 bits per heavy atom. The Balaban J connectivity index is 1.59. The number of hydrazine groups is 1. The summed E-state index contributed by atoms with van der Waals surface area (Å²) in [6.45, 7) is 4.29. The Kier molecular flexibility index (Phi) is 7.83. The van der Waals surface area contributed by atoms with Crippen LogP contribution in [0, 0.1) is 0 Å². The van der Waals surface area contributed by atoms with Gasteiger partial charge < -0.3 is 9.47 Å². The molecular weight excluding hydrogens is 392 g/mol. The van der Waals surface area contributed by atoms with Crippen LogP contribution in [-0.4, -0.2) is 25.0 Å². The average molecular weight is 416 g/mol. The molecule has 0 aliphatic heterocycles. The van der Waals surface area contributed by atoms with Crippen molar-refractivity contribution in [3.8, 4) is 11.5 Å². The molecule has 3 aromatic rings. The lowest BCUT2D eigenvalue weighted by molar-refractivity contribution is 0.0842. The Morgan fingerprint density at radius 2 is 1.26 bits per heavy atom. The fourth-order valence-corrected chi connectivity index (χ4v) is 2.88. The van der Waals surface area contributed by atoms with Gasteiger partial charge in [0.2, 0.25) is 0 Å². The molecule has 0 radical (unpaired) electrons. The van der Waals surface area contributed by atoms with E-state index in [1.165, 1.54) is 0 Å². The lowest BCUT2D eigenvalue weighted by atomic mass is 10.1. The minimum absolute atomic E-state index is 0.268. The summed E-state index contributed by atoms with van der Waals surface area (Å²) in [6, 6.07) is 23.6. The summed E-state index contributed by atoms with van der Waals surface area (Å²) in [6.07, 6.45) is 2.31. The molecule has 0 spiro atoms. The number of ether oxygens (including phenoxy) is 2. The van der Waals surface area contributed by atoms with Crippen LogP contribution in [0.4, 0.5) is 0 Å². The van der Waals surface area contributed by atoms with Crippen LogP contribution < -0.4 is 20.3 Å². The standard InChI is InChI=1S/C25H24N2O4/c1-2-17-30-22-14-8-6-12-20(22)24(28)26-27-25(29)21-13-7-9-15-23(21)31-18-16-19-10-4-3-5-11-19/h2-15H,1,16-18H2,(H,26,28)(H,27,29). The zero-order valence-corrected chi connectivity index (χ0v) is 17.0. The van der Waals surface area contributed by atoms with Crippen molar-refractivity contribution in [3.63, 3.8) is 0 Å². The van der Waals surface area contributed by atoms with Gasteiger partial charge in [-0.25, -0.2) is 0 Å². The van der Waals surface area contributed by atoms with Gasteiger partial charge in [-0.2, -0.15) is 0 Å². The molecule has 2 N–H and O–H groups in total. The molecule has 0 saturated heterocycles. The average Bonchev–Trinajstić information content (AvgIpc) is 2.82. The Bertz CT molecular complexity index is 1030. The fourth-order valence-electron chi connectivity index (χ4n) is 2.88. The predicted molar refractivity (Wildman–Crippen MR) is 119 cm³/mol. The number of rotatable bonds is 9. The number of benzene rings is 3. The number of hydrogen-bond donors (Lipinski definition) is 2. The van der Waals surface area contributed by atoms with Crippen LogP contribution in [0.25, 0.3) is 0 Å². The summed E-state index contributed by atoms with van der Waals surface area (Å²) in [5.41, 5.74) is 6.63. The maximum absolute atomic E-state index is 12.6. The van der Waals surface area contributed by atoms with Crippen molar-refractivity contribution in [1.29, 1.82) is 0 Å². The van der Waals surface area contributed by atoms with E-state index >= 15 is 0 Å². The first-order valence-corrected chi connectivity index (χ1v) is 9.88. The minimum atomic E-state index is -0.490. The Morgan fingerprint density at radius 3 is 1.84 bits per heavy atom. The number of carbonyl (C=O) groups excluding carboxylic acids is 2. The monoisotopic (exact) mass is 416 g/mol. The molecule has 3 aromatic carbocycles. The number of nitrogens with one attached hydrogen (secondary N) is 2. The van der Waals surface area contributed by atoms with Crippen molar-refractivity contribution in [3.05, 3.63) is 108 Å². The van der Waals surface area contributed by atoms with Crippen molar-refractivity contribution in [2.75, 3.05) is 13.2 Å². The summed E-state index contributed by atoms with van der Waals surface area (Å²) < 4.78 is 11.3. The third-order valence-corrected chi connectivity index (χ3v) is 4.40. The molecule has 0 atom stereocenters. The van der Waals surface area contributed by atoms with Crippen LogP contribution in [0.1, 0.15) is 26.3 Å². The molecule has 6 heteroatoms. The molecule has 0 heterocycles. The van der Waals surface area contributed by atoms with E-state index in [9.17, 15) is 9.59 Å². The van der Waals surface area contributed by atoms with Gasteiger partial charge in [0, 0.05) is 6.42 Å². The molecule has 0 saturated carbocycles. The van der Waals surface area contributed by atoms with Gasteiger partial charge in [0.05, 0.1) is 17.7 Å². The molecule has 0 unspecified atom stereocenters. The summed E-state index contributed by atoms with van der Waals surface area (Å²) in [4.78, 5) is 25.2. The number of para-hydroxylation sites is 2. The van der Waals surface area contributed by atoms with Gasteiger partial charge in [-0.05, 0) is 29.8 Å². The second-order valence-corrected chi connectivity index (χ2v) is 6.58. The van der Waals surface area contributed by atoms with Crippen molar-refractivity contribution in [2.45, 2.75) is 6.42 Å². The molecule has 31 heavy (non-hydrogen) atoms. The number of carbonyl (C=O) groups is 2. The summed E-state index contributed by atoms with van der Waals surface area (Å²) >= 11 is 0. The second-order valence-electron chi connectivity index (χ2n) is 6.58. The minimum Gasteiger partial charge on any atom is -0.492 e. The van der Waals surface area contributed by atoms with E-state index in [1.54, 1.807) is 54.6 Å². The van der Waals surface area contributed by atoms with Crippen LogP contribution in [0.5, 0.6) is 11.5 Å².